The molecule has 0 fully saturated rings. The van der Waals surface area contributed by atoms with Crippen molar-refractivity contribution >= 4 is 10.2 Å². The zero-order valence-electron chi connectivity index (χ0n) is 9.64. The van der Waals surface area contributed by atoms with E-state index in [0.717, 1.165) is 21.0 Å². The van der Waals surface area contributed by atoms with Crippen LogP contribution in [0.25, 0.3) is 0 Å². The summed E-state index contributed by atoms with van der Waals surface area (Å²) in [7, 11) is -3.62. The SMILES string of the molecule is Cc1cc(C)cc(CN2C=C(O)NS2(=O)=O)c1. The number of aliphatic hydroxyl groups is 1. The molecule has 6 heteroatoms. The Morgan fingerprint density at radius 1 is 1.24 bits per heavy atom. The van der Waals surface area contributed by atoms with Crippen LogP contribution < -0.4 is 4.72 Å². The third kappa shape index (κ3) is 2.52. The van der Waals surface area contributed by atoms with Gasteiger partial charge in [-0.15, -0.1) is 0 Å². The predicted octanol–water partition coefficient (Wildman–Crippen LogP) is 1.31. The van der Waals surface area contributed by atoms with Gasteiger partial charge in [0.1, 0.15) is 0 Å². The summed E-state index contributed by atoms with van der Waals surface area (Å²) in [5.74, 6) is -0.352. The molecular formula is C11H14N2O3S. The van der Waals surface area contributed by atoms with Crippen molar-refractivity contribution in [1.82, 2.24) is 9.03 Å². The maximum Gasteiger partial charge on any atom is 0.326 e. The minimum Gasteiger partial charge on any atom is -0.493 e. The van der Waals surface area contributed by atoms with Gasteiger partial charge >= 0.3 is 10.2 Å². The lowest BCUT2D eigenvalue weighted by Gasteiger charge is -2.14. The molecule has 0 spiro atoms. The highest BCUT2D eigenvalue weighted by atomic mass is 32.2. The molecule has 0 amide bonds. The lowest BCUT2D eigenvalue weighted by atomic mass is 10.1. The van der Waals surface area contributed by atoms with Crippen LogP contribution in [0.1, 0.15) is 16.7 Å². The number of nitrogens with zero attached hydrogens (tertiary/aromatic N) is 1. The van der Waals surface area contributed by atoms with Crippen LogP contribution >= 0.6 is 0 Å². The fourth-order valence-corrected chi connectivity index (χ4v) is 2.89. The summed E-state index contributed by atoms with van der Waals surface area (Å²) in [4.78, 5) is 0. The van der Waals surface area contributed by atoms with Gasteiger partial charge in [-0.1, -0.05) is 29.3 Å². The number of hydrogen-bond donors (Lipinski definition) is 2. The molecule has 1 aliphatic heterocycles. The summed E-state index contributed by atoms with van der Waals surface area (Å²) in [6.07, 6.45) is 1.17. The smallest absolute Gasteiger partial charge is 0.326 e. The van der Waals surface area contributed by atoms with Crippen molar-refractivity contribution in [1.29, 1.82) is 0 Å². The average molecular weight is 254 g/mol. The highest BCUT2D eigenvalue weighted by Crippen LogP contribution is 2.17. The van der Waals surface area contributed by atoms with Gasteiger partial charge in [-0.3, -0.25) is 4.31 Å². The molecule has 0 atom stereocenters. The van der Waals surface area contributed by atoms with Gasteiger partial charge in [0, 0.05) is 0 Å². The first-order valence-corrected chi connectivity index (χ1v) is 6.58. The zero-order chi connectivity index (χ0) is 12.6. The molecule has 0 aliphatic carbocycles. The predicted molar refractivity (Wildman–Crippen MR) is 64.2 cm³/mol. The molecule has 2 N–H and O–H groups in total. The Morgan fingerprint density at radius 3 is 2.29 bits per heavy atom. The van der Waals surface area contributed by atoms with Crippen molar-refractivity contribution in [2.24, 2.45) is 0 Å². The Balaban J connectivity index is 2.27. The van der Waals surface area contributed by atoms with Gasteiger partial charge in [-0.2, -0.15) is 8.42 Å². The average Bonchev–Trinajstić information content (AvgIpc) is 2.37. The van der Waals surface area contributed by atoms with Crippen LogP contribution in [-0.4, -0.2) is 17.8 Å². The lowest BCUT2D eigenvalue weighted by Crippen LogP contribution is -2.29. The van der Waals surface area contributed by atoms with E-state index in [-0.39, 0.29) is 12.4 Å². The van der Waals surface area contributed by atoms with Crippen LogP contribution in [0.4, 0.5) is 0 Å². The fraction of sp³-hybridized carbons (Fsp3) is 0.273. The Kier molecular flexibility index (Phi) is 2.74. The first-order valence-electron chi connectivity index (χ1n) is 5.14. The van der Waals surface area contributed by atoms with E-state index < -0.39 is 10.2 Å². The number of nitrogens with one attached hydrogen (secondary N) is 1. The fourth-order valence-electron chi connectivity index (χ4n) is 1.89. The maximum atomic E-state index is 11.5. The van der Waals surface area contributed by atoms with Crippen LogP contribution in [0.5, 0.6) is 0 Å². The van der Waals surface area contributed by atoms with Crippen molar-refractivity contribution in [2.75, 3.05) is 0 Å². The lowest BCUT2D eigenvalue weighted by molar-refractivity contribution is 0.390. The molecule has 0 saturated heterocycles. The Morgan fingerprint density at radius 2 is 1.82 bits per heavy atom. The molecule has 2 rings (SSSR count). The topological polar surface area (TPSA) is 69.6 Å². The van der Waals surface area contributed by atoms with Crippen molar-refractivity contribution in [3.05, 3.63) is 47.0 Å². The maximum absolute atomic E-state index is 11.5. The van der Waals surface area contributed by atoms with Gasteiger partial charge in [-0.05, 0) is 19.4 Å². The van der Waals surface area contributed by atoms with E-state index in [2.05, 4.69) is 0 Å². The molecule has 0 bridgehead atoms. The summed E-state index contributed by atoms with van der Waals surface area (Å²) < 4.78 is 26.2. The molecular weight excluding hydrogens is 240 g/mol. The van der Waals surface area contributed by atoms with Gasteiger partial charge in [0.25, 0.3) is 0 Å². The molecule has 5 nitrogen and oxygen atoms in total. The van der Waals surface area contributed by atoms with Crippen molar-refractivity contribution < 1.29 is 13.5 Å². The number of rotatable bonds is 2. The molecule has 0 saturated carbocycles. The summed E-state index contributed by atoms with van der Waals surface area (Å²) in [5, 5.41) is 9.15. The van der Waals surface area contributed by atoms with Gasteiger partial charge in [0.15, 0.2) is 0 Å². The van der Waals surface area contributed by atoms with E-state index in [4.69, 9.17) is 5.11 Å². The molecule has 1 aliphatic rings. The van der Waals surface area contributed by atoms with Gasteiger partial charge in [-0.25, -0.2) is 4.72 Å². The normalized spacial score (nSPS) is 17.8. The van der Waals surface area contributed by atoms with Crippen molar-refractivity contribution in [3.8, 4) is 0 Å². The number of aliphatic hydroxyl groups excluding tert-OH is 1. The molecule has 92 valence electrons. The van der Waals surface area contributed by atoms with Crippen molar-refractivity contribution in [3.63, 3.8) is 0 Å². The number of hydrogen-bond acceptors (Lipinski definition) is 3. The molecule has 0 unspecified atom stereocenters. The van der Waals surface area contributed by atoms with E-state index in [1.165, 1.54) is 6.20 Å². The van der Waals surface area contributed by atoms with E-state index >= 15 is 0 Å². The third-order valence-corrected chi connectivity index (χ3v) is 3.75. The molecule has 17 heavy (non-hydrogen) atoms. The van der Waals surface area contributed by atoms with E-state index in [1.54, 1.807) is 0 Å². The zero-order valence-corrected chi connectivity index (χ0v) is 10.5. The Bertz CT molecular complexity index is 558. The highest BCUT2D eigenvalue weighted by molar-refractivity contribution is 7.87. The van der Waals surface area contributed by atoms with Crippen LogP contribution in [0.2, 0.25) is 0 Å². The van der Waals surface area contributed by atoms with Crippen molar-refractivity contribution in [2.45, 2.75) is 20.4 Å². The largest absolute Gasteiger partial charge is 0.493 e. The number of benzene rings is 1. The summed E-state index contributed by atoms with van der Waals surface area (Å²) >= 11 is 0. The third-order valence-electron chi connectivity index (χ3n) is 2.43. The van der Waals surface area contributed by atoms with Gasteiger partial charge < -0.3 is 5.11 Å². The van der Waals surface area contributed by atoms with E-state index in [1.807, 2.05) is 36.8 Å². The molecule has 1 aromatic rings. The van der Waals surface area contributed by atoms with Gasteiger partial charge in [0.2, 0.25) is 5.88 Å². The minimum absolute atomic E-state index is 0.210. The van der Waals surface area contributed by atoms with Crippen LogP contribution in [0, 0.1) is 13.8 Å². The summed E-state index contributed by atoms with van der Waals surface area (Å²) in [5.41, 5.74) is 3.05. The van der Waals surface area contributed by atoms with Crippen LogP contribution in [0.3, 0.4) is 0 Å². The monoisotopic (exact) mass is 254 g/mol. The molecule has 0 aromatic heterocycles. The standard InChI is InChI=1S/C11H14N2O3S/c1-8-3-9(2)5-10(4-8)6-13-7-11(14)12-17(13,15)16/h3-5,7,12,14H,6H2,1-2H3. The second-order valence-electron chi connectivity index (χ2n) is 4.16. The second-order valence-corrected chi connectivity index (χ2v) is 5.79. The van der Waals surface area contributed by atoms with Crippen LogP contribution in [0.15, 0.2) is 30.3 Å². The molecule has 0 radical (unpaired) electrons. The van der Waals surface area contributed by atoms with E-state index in [0.29, 0.717) is 0 Å². The van der Waals surface area contributed by atoms with E-state index in [9.17, 15) is 8.42 Å². The summed E-state index contributed by atoms with van der Waals surface area (Å²) in [6, 6.07) is 5.87. The van der Waals surface area contributed by atoms with Gasteiger partial charge in [0.05, 0.1) is 12.7 Å². The van der Waals surface area contributed by atoms with Crippen LogP contribution in [-0.2, 0) is 16.8 Å². The number of aryl methyl sites for hydroxylation is 2. The molecule has 1 heterocycles. The summed E-state index contributed by atoms with van der Waals surface area (Å²) in [6.45, 7) is 4.13. The quantitative estimate of drug-likeness (QED) is 0.836. The first-order chi connectivity index (χ1) is 7.87. The highest BCUT2D eigenvalue weighted by Gasteiger charge is 2.27. The minimum atomic E-state index is -3.62. The second kappa shape index (κ2) is 3.96. The molecule has 1 aromatic carbocycles. The Labute approximate surface area is 101 Å². The Hall–Kier alpha value is -1.69. The first kappa shape index (κ1) is 11.8.